The summed E-state index contributed by atoms with van der Waals surface area (Å²) in [7, 11) is -2.73. The minimum absolute atomic E-state index is 0.126. The van der Waals surface area contributed by atoms with Gasteiger partial charge in [0.05, 0.1) is 0 Å². The van der Waals surface area contributed by atoms with Gasteiger partial charge in [-0.15, -0.1) is 0 Å². The third-order valence-corrected chi connectivity index (χ3v) is 7.05. The second-order valence-electron chi connectivity index (χ2n) is 4.82. The molecule has 0 aromatic heterocycles. The van der Waals surface area contributed by atoms with Gasteiger partial charge in [0.2, 0.25) is 11.8 Å². The van der Waals surface area contributed by atoms with E-state index in [9.17, 15) is 22.8 Å². The number of rotatable bonds is 7. The van der Waals surface area contributed by atoms with Gasteiger partial charge in [0, 0.05) is 24.8 Å². The Hall–Kier alpha value is -1.50. The van der Waals surface area contributed by atoms with Crippen LogP contribution in [0, 0.1) is 0 Å². The molecule has 0 aromatic carbocycles. The van der Waals surface area contributed by atoms with Gasteiger partial charge in [0.25, 0.3) is 10.1 Å². The van der Waals surface area contributed by atoms with Crippen molar-refractivity contribution in [3.05, 3.63) is 24.4 Å². The van der Waals surface area contributed by atoms with Gasteiger partial charge in [-0.1, -0.05) is 27.7 Å². The van der Waals surface area contributed by atoms with E-state index in [1.807, 2.05) is 0 Å². The van der Waals surface area contributed by atoms with Gasteiger partial charge in [-0.3, -0.25) is 23.9 Å². The summed E-state index contributed by atoms with van der Waals surface area (Å²) in [6.07, 6.45) is 6.80. The number of amides is 2. The molecule has 0 aromatic rings. The highest BCUT2D eigenvalue weighted by atomic mass is 33.1. The molecule has 1 saturated heterocycles. The van der Waals surface area contributed by atoms with Gasteiger partial charge in [0.15, 0.2) is 5.25 Å². The first kappa shape index (κ1) is 18.8. The number of carbonyl (C=O) groups is 3. The number of carboxylic acid groups (broad SMARTS) is 1. The van der Waals surface area contributed by atoms with Crippen molar-refractivity contribution < 1.29 is 32.5 Å². The Kier molecular flexibility index (Phi) is 5.96. The van der Waals surface area contributed by atoms with E-state index in [1.54, 1.807) is 18.2 Å². The SMILES string of the molecule is O=C(O)C(CSSC1C=CC=CN1N1C(=O)CCC1=O)S(=O)(=O)O. The van der Waals surface area contributed by atoms with Crippen molar-refractivity contribution in [1.82, 2.24) is 10.0 Å². The molecule has 2 atom stereocenters. The first-order valence-corrected chi connectivity index (χ1v) is 10.6. The lowest BCUT2D eigenvalue weighted by molar-refractivity contribution is -0.153. The molecule has 1 fully saturated rings. The average Bonchev–Trinajstić information content (AvgIpc) is 2.81. The maximum absolute atomic E-state index is 11.8. The summed E-state index contributed by atoms with van der Waals surface area (Å²) in [5.41, 5.74) is 0. The quantitative estimate of drug-likeness (QED) is 0.357. The van der Waals surface area contributed by atoms with E-state index in [1.165, 1.54) is 11.2 Å². The van der Waals surface area contributed by atoms with E-state index < -0.39 is 26.7 Å². The number of carbonyl (C=O) groups excluding carboxylic acids is 2. The lowest BCUT2D eigenvalue weighted by atomic mass is 10.4. The van der Waals surface area contributed by atoms with Crippen LogP contribution in [0.15, 0.2) is 24.4 Å². The number of nitrogens with zero attached hydrogens (tertiary/aromatic N) is 2. The zero-order valence-electron chi connectivity index (χ0n) is 12.1. The van der Waals surface area contributed by atoms with Gasteiger partial charge in [-0.25, -0.2) is 0 Å². The Morgan fingerprint density at radius 2 is 1.92 bits per heavy atom. The van der Waals surface area contributed by atoms with Gasteiger partial charge < -0.3 is 5.11 Å². The summed E-state index contributed by atoms with van der Waals surface area (Å²) in [6.45, 7) is 0. The minimum Gasteiger partial charge on any atom is -0.480 e. The Morgan fingerprint density at radius 3 is 2.46 bits per heavy atom. The molecule has 24 heavy (non-hydrogen) atoms. The zero-order chi connectivity index (χ0) is 17.9. The molecule has 2 unspecified atom stereocenters. The van der Waals surface area contributed by atoms with Crippen molar-refractivity contribution in [1.29, 1.82) is 0 Å². The summed E-state index contributed by atoms with van der Waals surface area (Å²) >= 11 is 0. The second kappa shape index (κ2) is 7.59. The minimum atomic E-state index is -4.71. The molecule has 2 rings (SSSR count). The lowest BCUT2D eigenvalue weighted by Crippen LogP contribution is -2.47. The van der Waals surface area contributed by atoms with E-state index in [-0.39, 0.29) is 30.4 Å². The van der Waals surface area contributed by atoms with E-state index in [4.69, 9.17) is 9.66 Å². The molecule has 2 amide bonds. The van der Waals surface area contributed by atoms with Crippen molar-refractivity contribution in [2.24, 2.45) is 0 Å². The first-order valence-electron chi connectivity index (χ1n) is 6.68. The van der Waals surface area contributed by atoms with Crippen LogP contribution in [0.4, 0.5) is 0 Å². The molecule has 0 spiro atoms. The molecule has 0 saturated carbocycles. The number of hydrazine groups is 1. The van der Waals surface area contributed by atoms with Crippen molar-refractivity contribution >= 4 is 49.5 Å². The molecular formula is C12H14N2O7S3. The van der Waals surface area contributed by atoms with Crippen LogP contribution in [-0.4, -0.2) is 62.3 Å². The number of imide groups is 1. The Bertz CT molecular complexity index is 687. The molecule has 2 heterocycles. The van der Waals surface area contributed by atoms with Crippen molar-refractivity contribution in [2.45, 2.75) is 23.5 Å². The fraction of sp³-hybridized carbons (Fsp3) is 0.417. The van der Waals surface area contributed by atoms with Crippen LogP contribution >= 0.6 is 21.6 Å². The second-order valence-corrected chi connectivity index (χ2v) is 8.95. The van der Waals surface area contributed by atoms with Crippen LogP contribution < -0.4 is 0 Å². The molecule has 2 N–H and O–H groups in total. The summed E-state index contributed by atoms with van der Waals surface area (Å²) < 4.78 is 31.0. The van der Waals surface area contributed by atoms with Crippen LogP contribution in [0.1, 0.15) is 12.8 Å². The Labute approximate surface area is 145 Å². The predicted octanol–water partition coefficient (Wildman–Crippen LogP) is 0.484. The predicted molar refractivity (Wildman–Crippen MR) is 88.0 cm³/mol. The number of hydrogen-bond acceptors (Lipinski definition) is 8. The van der Waals surface area contributed by atoms with Crippen LogP contribution in [0.2, 0.25) is 0 Å². The Morgan fingerprint density at radius 1 is 1.29 bits per heavy atom. The highest BCUT2D eigenvalue weighted by molar-refractivity contribution is 8.77. The largest absolute Gasteiger partial charge is 0.480 e. The molecule has 2 aliphatic heterocycles. The molecule has 0 radical (unpaired) electrons. The topological polar surface area (TPSA) is 132 Å². The maximum Gasteiger partial charge on any atom is 0.325 e. The summed E-state index contributed by atoms with van der Waals surface area (Å²) in [6, 6.07) is 0. The lowest BCUT2D eigenvalue weighted by Gasteiger charge is -2.35. The number of aliphatic carboxylic acids is 1. The fourth-order valence-corrected chi connectivity index (χ4v) is 5.82. The van der Waals surface area contributed by atoms with Gasteiger partial charge in [-0.05, 0) is 12.2 Å². The van der Waals surface area contributed by atoms with Crippen LogP contribution in [0.25, 0.3) is 0 Å². The Balaban J connectivity index is 2.01. The zero-order valence-corrected chi connectivity index (χ0v) is 14.6. The van der Waals surface area contributed by atoms with E-state index >= 15 is 0 Å². The normalized spacial score (nSPS) is 22.3. The number of carboxylic acids is 1. The first-order chi connectivity index (χ1) is 11.2. The average molecular weight is 394 g/mol. The van der Waals surface area contributed by atoms with E-state index in [2.05, 4.69) is 0 Å². The third-order valence-electron chi connectivity index (χ3n) is 3.16. The summed E-state index contributed by atoms with van der Waals surface area (Å²) in [5, 5.41) is 8.84. The molecule has 0 aliphatic carbocycles. The van der Waals surface area contributed by atoms with Crippen molar-refractivity contribution in [3.63, 3.8) is 0 Å². The van der Waals surface area contributed by atoms with E-state index in [0.717, 1.165) is 26.6 Å². The molecular weight excluding hydrogens is 380 g/mol. The highest BCUT2D eigenvalue weighted by Gasteiger charge is 2.37. The van der Waals surface area contributed by atoms with Crippen LogP contribution in [0.5, 0.6) is 0 Å². The molecule has 12 heteroatoms. The van der Waals surface area contributed by atoms with E-state index in [0.29, 0.717) is 0 Å². The number of allylic oxidation sites excluding steroid dienone is 2. The smallest absolute Gasteiger partial charge is 0.325 e. The monoisotopic (exact) mass is 394 g/mol. The van der Waals surface area contributed by atoms with Gasteiger partial charge in [-0.2, -0.15) is 13.4 Å². The standard InChI is InChI=1S/C12H14N2O7S3/c15-9-4-5-10(16)14(9)13-6-2-1-3-11(13)23-22-7-8(12(17)18)24(19,20)21/h1-3,6,8,11H,4-5,7H2,(H,17,18)(H,19,20,21). The maximum atomic E-state index is 11.8. The molecule has 0 bridgehead atoms. The fourth-order valence-electron chi connectivity index (χ4n) is 2.00. The van der Waals surface area contributed by atoms with Crippen molar-refractivity contribution in [3.8, 4) is 0 Å². The summed E-state index contributed by atoms with van der Waals surface area (Å²) in [5.74, 6) is -2.71. The van der Waals surface area contributed by atoms with Crippen LogP contribution in [-0.2, 0) is 24.5 Å². The van der Waals surface area contributed by atoms with Crippen LogP contribution in [0.3, 0.4) is 0 Å². The third kappa shape index (κ3) is 4.32. The highest BCUT2D eigenvalue weighted by Crippen LogP contribution is 2.35. The van der Waals surface area contributed by atoms with Crippen molar-refractivity contribution in [2.75, 3.05) is 5.75 Å². The van der Waals surface area contributed by atoms with Gasteiger partial charge >= 0.3 is 5.97 Å². The summed E-state index contributed by atoms with van der Waals surface area (Å²) in [4.78, 5) is 34.6. The molecule has 9 nitrogen and oxygen atoms in total. The molecule has 132 valence electrons. The van der Waals surface area contributed by atoms with Gasteiger partial charge in [0.1, 0.15) is 5.37 Å². The number of hydrogen-bond donors (Lipinski definition) is 2. The molecule has 2 aliphatic rings.